The van der Waals surface area contributed by atoms with Crippen LogP contribution in [0.5, 0.6) is 23.0 Å². The maximum absolute atomic E-state index is 12.5. The van der Waals surface area contributed by atoms with Crippen molar-refractivity contribution in [1.82, 2.24) is 4.90 Å². The summed E-state index contributed by atoms with van der Waals surface area (Å²) in [6.07, 6.45) is 1.61. The molecule has 0 unspecified atom stereocenters. The van der Waals surface area contributed by atoms with E-state index in [0.29, 0.717) is 12.4 Å². The molecule has 6 heteroatoms. The van der Waals surface area contributed by atoms with Gasteiger partial charge in [0.2, 0.25) is 0 Å². The molecule has 33 heavy (non-hydrogen) atoms. The number of benzene rings is 3. The number of likely N-dealkylation sites (tertiary alicyclic amines) is 1. The lowest BCUT2D eigenvalue weighted by Gasteiger charge is -2.37. The molecule has 0 aliphatic carbocycles. The highest BCUT2D eigenvalue weighted by molar-refractivity contribution is 5.88. The maximum Gasteiger partial charge on any atom is 0.149 e. The number of nitrogens with zero attached hydrogens (tertiary/aromatic N) is 1. The molecule has 1 atom stereocenters. The number of phenolic OH excluding ortho intramolecular Hbond substituents is 2. The molecule has 1 fully saturated rings. The van der Waals surface area contributed by atoms with Gasteiger partial charge in [-0.25, -0.2) is 0 Å². The van der Waals surface area contributed by atoms with Gasteiger partial charge in [-0.05, 0) is 59.7 Å². The number of hydrogen-bond donors (Lipinski definition) is 2. The lowest BCUT2D eigenvalue weighted by atomic mass is 9.91. The van der Waals surface area contributed by atoms with Gasteiger partial charge >= 0.3 is 0 Å². The Hall–Kier alpha value is -3.51. The van der Waals surface area contributed by atoms with Crippen LogP contribution in [0, 0.1) is 5.92 Å². The first-order valence-corrected chi connectivity index (χ1v) is 11.1. The zero-order chi connectivity index (χ0) is 22.8. The van der Waals surface area contributed by atoms with E-state index < -0.39 is 0 Å². The summed E-state index contributed by atoms with van der Waals surface area (Å²) in [5, 5.41) is 19.9. The Morgan fingerprint density at radius 2 is 1.76 bits per heavy atom. The third-order valence-corrected chi connectivity index (χ3v) is 6.12. The Morgan fingerprint density at radius 3 is 2.52 bits per heavy atom. The van der Waals surface area contributed by atoms with Crippen LogP contribution < -0.4 is 9.47 Å². The van der Waals surface area contributed by atoms with Crippen LogP contribution in [-0.4, -0.2) is 48.0 Å². The Labute approximate surface area is 192 Å². The molecule has 5 rings (SSSR count). The summed E-state index contributed by atoms with van der Waals surface area (Å²) < 4.78 is 24.8. The molecule has 2 heterocycles. The number of alkyl halides is 1. The molecule has 0 radical (unpaired) electrons. The molecule has 2 N–H and O–H groups in total. The van der Waals surface area contributed by atoms with E-state index >= 15 is 0 Å². The molecule has 0 bridgehead atoms. The highest BCUT2D eigenvalue weighted by Crippen LogP contribution is 2.43. The molecule has 0 amide bonds. The maximum atomic E-state index is 12.5. The molecular weight excluding hydrogens is 421 g/mol. The minimum Gasteiger partial charge on any atom is -0.508 e. The van der Waals surface area contributed by atoms with Crippen molar-refractivity contribution >= 4 is 11.6 Å². The second kappa shape index (κ2) is 9.16. The summed E-state index contributed by atoms with van der Waals surface area (Å²) in [6.45, 7) is 2.72. The van der Waals surface area contributed by atoms with E-state index in [-0.39, 0.29) is 30.2 Å². The van der Waals surface area contributed by atoms with Crippen LogP contribution in [-0.2, 0) is 0 Å². The van der Waals surface area contributed by atoms with Crippen molar-refractivity contribution < 1.29 is 24.1 Å². The molecule has 3 aromatic carbocycles. The van der Waals surface area contributed by atoms with Gasteiger partial charge in [0.05, 0.1) is 6.67 Å². The van der Waals surface area contributed by atoms with Gasteiger partial charge in [-0.2, -0.15) is 0 Å². The topological polar surface area (TPSA) is 62.2 Å². The average Bonchev–Trinajstić information content (AvgIpc) is 2.80. The predicted molar refractivity (Wildman–Crippen MR) is 125 cm³/mol. The number of hydrogen-bond acceptors (Lipinski definition) is 5. The van der Waals surface area contributed by atoms with E-state index in [1.165, 1.54) is 0 Å². The number of fused-ring (bicyclic) bond motifs is 1. The number of ether oxygens (including phenoxy) is 2. The molecular formula is C27H26FNO4. The first-order valence-electron chi connectivity index (χ1n) is 11.1. The summed E-state index contributed by atoms with van der Waals surface area (Å²) >= 11 is 0. The van der Waals surface area contributed by atoms with Crippen molar-refractivity contribution in [1.29, 1.82) is 0 Å². The Kier molecular flexibility index (Phi) is 5.92. The highest BCUT2D eigenvalue weighted by Gasteiger charge is 2.27. The van der Waals surface area contributed by atoms with Gasteiger partial charge in [-0.1, -0.05) is 24.3 Å². The fourth-order valence-electron chi connectivity index (χ4n) is 4.35. The van der Waals surface area contributed by atoms with E-state index in [9.17, 15) is 14.6 Å². The third kappa shape index (κ3) is 4.66. The number of phenols is 2. The van der Waals surface area contributed by atoms with Crippen molar-refractivity contribution in [2.75, 3.05) is 32.9 Å². The number of rotatable bonds is 7. The fraction of sp³-hybridized carbons (Fsp3) is 0.259. The summed E-state index contributed by atoms with van der Waals surface area (Å²) in [5.74, 6) is 1.98. The van der Waals surface area contributed by atoms with E-state index in [1.807, 2.05) is 36.4 Å². The summed E-state index contributed by atoms with van der Waals surface area (Å²) in [6, 6.07) is 19.9. The largest absolute Gasteiger partial charge is 0.508 e. The van der Waals surface area contributed by atoms with Crippen LogP contribution in [0.4, 0.5) is 4.39 Å². The SMILES string of the molecule is Oc1cccc(C2=Cc3cc(O)ccc3O[C@H]2c2ccc(OCCN3CC(CF)C3)cc2)c1. The van der Waals surface area contributed by atoms with E-state index in [4.69, 9.17) is 9.47 Å². The van der Waals surface area contributed by atoms with E-state index in [1.54, 1.807) is 36.4 Å². The molecule has 0 aromatic heterocycles. The van der Waals surface area contributed by atoms with Crippen LogP contribution in [0.25, 0.3) is 11.6 Å². The number of aromatic hydroxyl groups is 2. The Bertz CT molecular complexity index is 1160. The Balaban J connectivity index is 1.34. The van der Waals surface area contributed by atoms with Gasteiger partial charge in [0, 0.05) is 36.7 Å². The fourth-order valence-corrected chi connectivity index (χ4v) is 4.35. The van der Waals surface area contributed by atoms with Gasteiger partial charge in [0.25, 0.3) is 0 Å². The summed E-state index contributed by atoms with van der Waals surface area (Å²) in [7, 11) is 0. The van der Waals surface area contributed by atoms with Crippen molar-refractivity contribution in [2.45, 2.75) is 6.10 Å². The Morgan fingerprint density at radius 1 is 0.970 bits per heavy atom. The second-order valence-electron chi connectivity index (χ2n) is 8.57. The van der Waals surface area contributed by atoms with Crippen LogP contribution >= 0.6 is 0 Å². The summed E-state index contributed by atoms with van der Waals surface area (Å²) in [4.78, 5) is 2.19. The van der Waals surface area contributed by atoms with Crippen LogP contribution in [0.15, 0.2) is 66.7 Å². The first kappa shape index (κ1) is 21.3. The molecule has 3 aromatic rings. The van der Waals surface area contributed by atoms with Gasteiger partial charge in [0.15, 0.2) is 0 Å². The molecule has 2 aliphatic rings. The van der Waals surface area contributed by atoms with Gasteiger partial charge in [0.1, 0.15) is 35.7 Å². The van der Waals surface area contributed by atoms with Crippen LogP contribution in [0.1, 0.15) is 22.8 Å². The second-order valence-corrected chi connectivity index (χ2v) is 8.57. The molecule has 1 saturated heterocycles. The predicted octanol–water partition coefficient (Wildman–Crippen LogP) is 5.05. The van der Waals surface area contributed by atoms with E-state index in [0.717, 1.165) is 47.6 Å². The van der Waals surface area contributed by atoms with Crippen molar-refractivity contribution in [2.24, 2.45) is 5.92 Å². The van der Waals surface area contributed by atoms with Gasteiger partial charge in [-0.3, -0.25) is 9.29 Å². The van der Waals surface area contributed by atoms with E-state index in [2.05, 4.69) is 4.90 Å². The first-order chi connectivity index (χ1) is 16.1. The van der Waals surface area contributed by atoms with Crippen molar-refractivity contribution in [3.63, 3.8) is 0 Å². The molecule has 5 nitrogen and oxygen atoms in total. The monoisotopic (exact) mass is 447 g/mol. The molecule has 170 valence electrons. The standard InChI is InChI=1S/C27H26FNO4/c28-15-18-16-29(17-18)10-11-32-24-7-4-19(5-8-24)27-25(20-2-1-3-22(30)12-20)14-21-13-23(31)6-9-26(21)33-27/h1-9,12-14,18,27,30-31H,10-11,15-17H2/t27-/m0/s1. The minimum absolute atomic E-state index is 0.169. The zero-order valence-corrected chi connectivity index (χ0v) is 18.2. The lowest BCUT2D eigenvalue weighted by molar-refractivity contribution is 0.0668. The molecule has 0 saturated carbocycles. The quantitative estimate of drug-likeness (QED) is 0.531. The molecule has 2 aliphatic heterocycles. The van der Waals surface area contributed by atoms with Crippen molar-refractivity contribution in [3.8, 4) is 23.0 Å². The smallest absolute Gasteiger partial charge is 0.149 e. The lowest BCUT2D eigenvalue weighted by Crippen LogP contribution is -2.49. The minimum atomic E-state index is -0.378. The van der Waals surface area contributed by atoms with Crippen molar-refractivity contribution in [3.05, 3.63) is 83.4 Å². The third-order valence-electron chi connectivity index (χ3n) is 6.12. The molecule has 0 spiro atoms. The van der Waals surface area contributed by atoms with Gasteiger partial charge in [-0.15, -0.1) is 0 Å². The average molecular weight is 448 g/mol. The number of halogens is 1. The highest BCUT2D eigenvalue weighted by atomic mass is 19.1. The normalized spacial score (nSPS) is 18.1. The van der Waals surface area contributed by atoms with Crippen LogP contribution in [0.2, 0.25) is 0 Å². The zero-order valence-electron chi connectivity index (χ0n) is 18.2. The van der Waals surface area contributed by atoms with Gasteiger partial charge < -0.3 is 19.7 Å². The summed E-state index contributed by atoms with van der Waals surface area (Å²) in [5.41, 5.74) is 3.46. The van der Waals surface area contributed by atoms with Crippen LogP contribution in [0.3, 0.4) is 0 Å².